The van der Waals surface area contributed by atoms with Gasteiger partial charge in [0.25, 0.3) is 0 Å². The van der Waals surface area contributed by atoms with Crippen LogP contribution in [0.15, 0.2) is 30.3 Å². The van der Waals surface area contributed by atoms with Crippen LogP contribution in [0.1, 0.15) is 44.1 Å². The van der Waals surface area contributed by atoms with Gasteiger partial charge in [0.1, 0.15) is 5.78 Å². The molecule has 1 aromatic carbocycles. The number of carbonyl (C=O) groups is 2. The number of hydrogen-bond donors (Lipinski definition) is 4. The number of nitrogens with one attached hydrogen (secondary N) is 1. The van der Waals surface area contributed by atoms with Gasteiger partial charge in [-0.2, -0.15) is 0 Å². The number of benzene rings is 1. The van der Waals surface area contributed by atoms with Gasteiger partial charge in [0.05, 0.1) is 0 Å². The van der Waals surface area contributed by atoms with Gasteiger partial charge in [0, 0.05) is 6.42 Å². The fourth-order valence-electron chi connectivity index (χ4n) is 2.96. The molecule has 1 amide bonds. The van der Waals surface area contributed by atoms with Gasteiger partial charge in [-0.15, -0.1) is 0 Å². The van der Waals surface area contributed by atoms with Crippen LogP contribution >= 0.6 is 7.60 Å². The number of carboxylic acids is 1. The number of nitrogens with two attached hydrogens (primary N) is 1. The summed E-state index contributed by atoms with van der Waals surface area (Å²) in [5.41, 5.74) is 6.40. The molecule has 1 aromatic rings. The lowest BCUT2D eigenvalue weighted by Crippen LogP contribution is -2.38. The zero-order chi connectivity index (χ0) is 20.6. The molecule has 3 atom stereocenters. The first-order valence-electron chi connectivity index (χ1n) is 9.60. The van der Waals surface area contributed by atoms with Crippen LogP contribution in [-0.2, 0) is 25.1 Å². The second-order valence-corrected chi connectivity index (χ2v) is 9.01. The van der Waals surface area contributed by atoms with Crippen molar-refractivity contribution in [3.8, 4) is 0 Å². The van der Waals surface area contributed by atoms with Crippen LogP contribution < -0.4 is 11.1 Å². The minimum Gasteiger partial charge on any atom is -0.479 e. The van der Waals surface area contributed by atoms with Crippen LogP contribution in [0.25, 0.3) is 0 Å². The summed E-state index contributed by atoms with van der Waals surface area (Å²) < 4.78 is 17.9. The maximum absolute atomic E-state index is 12.8. The van der Waals surface area contributed by atoms with Crippen molar-refractivity contribution in [2.24, 2.45) is 11.7 Å². The van der Waals surface area contributed by atoms with E-state index in [1.807, 2.05) is 30.3 Å². The average Bonchev–Trinajstić information content (AvgIpc) is 3.49. The van der Waals surface area contributed by atoms with Gasteiger partial charge < -0.3 is 21.1 Å². The predicted octanol–water partition coefficient (Wildman–Crippen LogP) is 2.26. The van der Waals surface area contributed by atoms with Crippen molar-refractivity contribution in [2.45, 2.75) is 56.8 Å². The molecule has 1 aliphatic carbocycles. The third kappa shape index (κ3) is 7.36. The maximum Gasteiger partial charge on any atom is 0.351 e. The highest BCUT2D eigenvalue weighted by Gasteiger charge is 2.46. The largest absolute Gasteiger partial charge is 0.479 e. The van der Waals surface area contributed by atoms with Gasteiger partial charge >= 0.3 is 13.6 Å². The highest BCUT2D eigenvalue weighted by Crippen LogP contribution is 2.56. The molecule has 0 bridgehead atoms. The minimum atomic E-state index is -4.35. The predicted molar refractivity (Wildman–Crippen MR) is 105 cm³/mol. The first-order chi connectivity index (χ1) is 13.3. The van der Waals surface area contributed by atoms with Gasteiger partial charge in [0.2, 0.25) is 5.91 Å². The monoisotopic (exact) mass is 412 g/mol. The van der Waals surface area contributed by atoms with E-state index in [9.17, 15) is 24.2 Å². The molecule has 5 N–H and O–H groups in total. The van der Waals surface area contributed by atoms with Gasteiger partial charge in [0.15, 0.2) is 6.10 Å². The van der Waals surface area contributed by atoms with Gasteiger partial charge in [-0.25, -0.2) is 4.79 Å². The second kappa shape index (κ2) is 10.7. The van der Waals surface area contributed by atoms with Crippen molar-refractivity contribution in [1.29, 1.82) is 0 Å². The van der Waals surface area contributed by atoms with E-state index in [2.05, 4.69) is 5.32 Å². The van der Waals surface area contributed by atoms with Crippen molar-refractivity contribution >= 4 is 19.5 Å². The van der Waals surface area contributed by atoms with Crippen LogP contribution in [0.5, 0.6) is 0 Å². The Labute approximate surface area is 165 Å². The summed E-state index contributed by atoms with van der Waals surface area (Å²) >= 11 is 0. The number of amides is 1. The first kappa shape index (κ1) is 22.6. The van der Waals surface area contributed by atoms with Crippen molar-refractivity contribution in [2.75, 3.05) is 6.54 Å². The Morgan fingerprint density at radius 1 is 1.25 bits per heavy atom. The molecular formula is C19H29N2O6P. The summed E-state index contributed by atoms with van der Waals surface area (Å²) in [7, 11) is -4.35. The molecule has 0 aliphatic heterocycles. The molecule has 1 saturated carbocycles. The van der Waals surface area contributed by atoms with Crippen LogP contribution in [0, 0.1) is 5.92 Å². The Morgan fingerprint density at radius 2 is 1.93 bits per heavy atom. The third-order valence-electron chi connectivity index (χ3n) is 4.69. The summed E-state index contributed by atoms with van der Waals surface area (Å²) in [5.74, 6) is -2.90. The maximum atomic E-state index is 12.8. The summed E-state index contributed by atoms with van der Waals surface area (Å²) in [6, 6.07) is 9.47. The van der Waals surface area contributed by atoms with E-state index in [1.165, 1.54) is 0 Å². The van der Waals surface area contributed by atoms with E-state index in [-0.39, 0.29) is 24.7 Å². The SMILES string of the molecule is NCCCC[C@@H](OP(=O)(O)C(NC(=O)CCc1ccccc1)C1CC1)C(=O)O. The van der Waals surface area contributed by atoms with E-state index in [1.54, 1.807) is 0 Å². The molecule has 1 aliphatic rings. The lowest BCUT2D eigenvalue weighted by atomic mass is 10.1. The highest BCUT2D eigenvalue weighted by molar-refractivity contribution is 7.53. The van der Waals surface area contributed by atoms with Crippen molar-refractivity contribution in [1.82, 2.24) is 5.32 Å². The molecule has 2 unspecified atom stereocenters. The van der Waals surface area contributed by atoms with Crippen LogP contribution in [0.4, 0.5) is 0 Å². The van der Waals surface area contributed by atoms with Crippen molar-refractivity contribution in [3.63, 3.8) is 0 Å². The number of unbranched alkanes of at least 4 members (excludes halogenated alkanes) is 1. The second-order valence-electron chi connectivity index (χ2n) is 7.12. The normalized spacial score (nSPS) is 18.1. The molecule has 9 heteroatoms. The molecule has 0 spiro atoms. The minimum absolute atomic E-state index is 0.0937. The number of carbonyl (C=O) groups excluding carboxylic acids is 1. The van der Waals surface area contributed by atoms with E-state index in [4.69, 9.17) is 10.3 Å². The zero-order valence-electron chi connectivity index (χ0n) is 15.8. The van der Waals surface area contributed by atoms with Gasteiger partial charge in [-0.1, -0.05) is 30.3 Å². The average molecular weight is 412 g/mol. The van der Waals surface area contributed by atoms with E-state index >= 15 is 0 Å². The molecule has 2 rings (SSSR count). The number of aryl methyl sites for hydroxylation is 1. The molecule has 0 radical (unpaired) electrons. The Morgan fingerprint density at radius 3 is 2.50 bits per heavy atom. The molecular weight excluding hydrogens is 383 g/mol. The summed E-state index contributed by atoms with van der Waals surface area (Å²) in [6.45, 7) is 0.408. The Kier molecular flexibility index (Phi) is 8.63. The Bertz CT molecular complexity index is 695. The fraction of sp³-hybridized carbons (Fsp3) is 0.579. The van der Waals surface area contributed by atoms with Crippen LogP contribution in [-0.4, -0.2) is 40.3 Å². The molecule has 0 heterocycles. The van der Waals surface area contributed by atoms with Crippen LogP contribution in [0.3, 0.4) is 0 Å². The molecule has 8 nitrogen and oxygen atoms in total. The molecule has 0 saturated heterocycles. The number of rotatable bonds is 13. The first-order valence-corrected chi connectivity index (χ1v) is 11.2. The summed E-state index contributed by atoms with van der Waals surface area (Å²) in [6.07, 6.45) is 1.85. The highest BCUT2D eigenvalue weighted by atomic mass is 31.2. The number of carboxylic acid groups (broad SMARTS) is 1. The number of hydrogen-bond acceptors (Lipinski definition) is 5. The van der Waals surface area contributed by atoms with Crippen LogP contribution in [0.2, 0.25) is 0 Å². The quantitative estimate of drug-likeness (QED) is 0.288. The van der Waals surface area contributed by atoms with Gasteiger partial charge in [-0.3, -0.25) is 13.9 Å². The van der Waals surface area contributed by atoms with E-state index in [0.717, 1.165) is 5.56 Å². The lowest BCUT2D eigenvalue weighted by Gasteiger charge is -2.26. The molecule has 156 valence electrons. The van der Waals surface area contributed by atoms with Crippen molar-refractivity contribution in [3.05, 3.63) is 35.9 Å². The topological polar surface area (TPSA) is 139 Å². The van der Waals surface area contributed by atoms with Crippen molar-refractivity contribution < 1.29 is 28.7 Å². The summed E-state index contributed by atoms with van der Waals surface area (Å²) in [5, 5.41) is 11.9. The lowest BCUT2D eigenvalue weighted by molar-refractivity contribution is -0.145. The summed E-state index contributed by atoms with van der Waals surface area (Å²) in [4.78, 5) is 34.1. The standard InChI is InChI=1S/C19H29N2O6P/c20-13-5-4-8-16(19(23)24)27-28(25,26)18(15-10-11-15)21-17(22)12-9-14-6-2-1-3-7-14/h1-3,6-7,15-16,18H,4-5,8-13,20H2,(H,21,22)(H,23,24)(H,25,26)/t16-,18?/m1/s1. The van der Waals surface area contributed by atoms with E-state index in [0.29, 0.717) is 38.6 Å². The third-order valence-corrected chi connectivity index (χ3v) is 6.50. The number of aliphatic carboxylic acids is 1. The Balaban J connectivity index is 1.95. The molecule has 1 fully saturated rings. The zero-order valence-corrected chi connectivity index (χ0v) is 16.7. The van der Waals surface area contributed by atoms with E-state index < -0.39 is 25.5 Å². The molecule has 28 heavy (non-hydrogen) atoms. The smallest absolute Gasteiger partial charge is 0.351 e. The Hall–Kier alpha value is -1.73. The fourth-order valence-corrected chi connectivity index (χ4v) is 4.79. The molecule has 0 aromatic heterocycles. The van der Waals surface area contributed by atoms with Gasteiger partial charge in [-0.05, 0) is 56.6 Å².